The fraction of sp³-hybridized carbons (Fsp3) is 0.467. The van der Waals surface area contributed by atoms with Gasteiger partial charge >= 0.3 is 0 Å². The summed E-state index contributed by atoms with van der Waals surface area (Å²) in [6.45, 7) is 4.26. The number of ether oxygens (including phenoxy) is 1. The molecule has 0 unspecified atom stereocenters. The van der Waals surface area contributed by atoms with Crippen LogP contribution in [0, 0.1) is 0 Å². The molecular formula is C15H23N3O4S. The summed E-state index contributed by atoms with van der Waals surface area (Å²) in [6.07, 6.45) is 3.31. The van der Waals surface area contributed by atoms with Gasteiger partial charge in [0, 0.05) is 11.8 Å². The van der Waals surface area contributed by atoms with E-state index in [0.29, 0.717) is 18.6 Å². The van der Waals surface area contributed by atoms with Crippen molar-refractivity contribution in [3.8, 4) is 5.75 Å². The zero-order valence-corrected chi connectivity index (χ0v) is 14.4. The van der Waals surface area contributed by atoms with E-state index in [1.165, 1.54) is 6.07 Å². The summed E-state index contributed by atoms with van der Waals surface area (Å²) in [5, 5.41) is 0. The molecule has 0 saturated carbocycles. The number of hydrogen-bond acceptors (Lipinski definition) is 4. The number of carbonyl (C=O) groups is 1. The zero-order valence-electron chi connectivity index (χ0n) is 13.6. The van der Waals surface area contributed by atoms with Gasteiger partial charge in [-0.15, -0.1) is 0 Å². The van der Waals surface area contributed by atoms with Gasteiger partial charge in [-0.25, -0.2) is 8.42 Å². The number of amides is 1. The molecule has 1 aromatic carbocycles. The monoisotopic (exact) mass is 341 g/mol. The molecule has 0 saturated heterocycles. The van der Waals surface area contributed by atoms with Gasteiger partial charge in [0.05, 0.1) is 6.61 Å². The van der Waals surface area contributed by atoms with Crippen LogP contribution in [0.15, 0.2) is 22.0 Å². The van der Waals surface area contributed by atoms with Crippen LogP contribution in [-0.2, 0) is 16.3 Å². The van der Waals surface area contributed by atoms with Crippen molar-refractivity contribution in [1.82, 2.24) is 0 Å². The van der Waals surface area contributed by atoms with Crippen molar-refractivity contribution in [3.05, 3.63) is 23.3 Å². The third kappa shape index (κ3) is 5.24. The van der Waals surface area contributed by atoms with Crippen LogP contribution in [0.5, 0.6) is 5.75 Å². The summed E-state index contributed by atoms with van der Waals surface area (Å²) in [5.74, 6) is -0.799. The maximum atomic E-state index is 12.1. The van der Waals surface area contributed by atoms with Gasteiger partial charge in [0.15, 0.2) is 15.8 Å². The second-order valence-electron chi connectivity index (χ2n) is 5.13. The van der Waals surface area contributed by atoms with Crippen LogP contribution >= 0.6 is 0 Å². The summed E-state index contributed by atoms with van der Waals surface area (Å²) in [5.41, 5.74) is 11.2. The Kier molecular flexibility index (Phi) is 6.56. The number of nitrogens with zero attached hydrogens (tertiary/aromatic N) is 1. The number of guanidine groups is 1. The lowest BCUT2D eigenvalue weighted by atomic mass is 10.0. The Balaban J connectivity index is 3.45. The summed E-state index contributed by atoms with van der Waals surface area (Å²) >= 11 is 0. The van der Waals surface area contributed by atoms with Gasteiger partial charge in [0.1, 0.15) is 10.6 Å². The Bertz CT molecular complexity index is 708. The number of hydrogen-bond donors (Lipinski definition) is 2. The van der Waals surface area contributed by atoms with Gasteiger partial charge < -0.3 is 16.2 Å². The normalized spacial score (nSPS) is 11.1. The highest BCUT2D eigenvalue weighted by molar-refractivity contribution is 7.90. The van der Waals surface area contributed by atoms with Crippen LogP contribution in [0.2, 0.25) is 0 Å². The van der Waals surface area contributed by atoms with E-state index in [0.717, 1.165) is 19.1 Å². The molecule has 1 rings (SSSR count). The van der Waals surface area contributed by atoms with Crippen molar-refractivity contribution in [2.75, 3.05) is 12.9 Å². The predicted molar refractivity (Wildman–Crippen MR) is 89.5 cm³/mol. The van der Waals surface area contributed by atoms with Crippen LogP contribution in [0.4, 0.5) is 0 Å². The van der Waals surface area contributed by atoms with Crippen molar-refractivity contribution in [2.24, 2.45) is 16.5 Å². The molecular weight excluding hydrogens is 318 g/mol. The van der Waals surface area contributed by atoms with E-state index >= 15 is 0 Å². The maximum Gasteiger partial charge on any atom is 0.280 e. The molecule has 0 bridgehead atoms. The average Bonchev–Trinajstić information content (AvgIpc) is 2.44. The number of rotatable bonds is 7. The number of sulfone groups is 1. The number of benzene rings is 1. The van der Waals surface area contributed by atoms with Crippen molar-refractivity contribution in [3.63, 3.8) is 0 Å². The molecule has 4 N–H and O–H groups in total. The molecule has 0 aliphatic carbocycles. The molecule has 0 aliphatic heterocycles. The Labute approximate surface area is 136 Å². The molecule has 0 spiro atoms. The minimum Gasteiger partial charge on any atom is -0.492 e. The maximum absolute atomic E-state index is 12.1. The number of aryl methyl sites for hydroxylation is 1. The largest absolute Gasteiger partial charge is 0.492 e. The zero-order chi connectivity index (χ0) is 17.6. The summed E-state index contributed by atoms with van der Waals surface area (Å²) in [7, 11) is -3.57. The molecule has 8 heteroatoms. The molecule has 0 fully saturated rings. The highest BCUT2D eigenvalue weighted by Crippen LogP contribution is 2.29. The van der Waals surface area contributed by atoms with Crippen molar-refractivity contribution in [1.29, 1.82) is 0 Å². The highest BCUT2D eigenvalue weighted by Gasteiger charge is 2.21. The quantitative estimate of drug-likeness (QED) is 0.437. The molecule has 1 amide bonds. The van der Waals surface area contributed by atoms with Crippen LogP contribution in [0.1, 0.15) is 42.6 Å². The van der Waals surface area contributed by atoms with E-state index in [1.807, 2.05) is 13.8 Å². The van der Waals surface area contributed by atoms with E-state index in [4.69, 9.17) is 16.2 Å². The fourth-order valence-electron chi connectivity index (χ4n) is 2.00. The van der Waals surface area contributed by atoms with E-state index < -0.39 is 15.7 Å². The lowest BCUT2D eigenvalue weighted by Crippen LogP contribution is -2.24. The standard InChI is InChI=1S/C15H23N3O4S/c1-4-6-7-22-12-8-10(5-2)11(14(19)18-15(16)17)9-13(12)23(3,20)21/h8-9H,4-7H2,1-3H3,(H4,16,17,18,19). The molecule has 0 aromatic heterocycles. The smallest absolute Gasteiger partial charge is 0.280 e. The first-order valence-electron chi connectivity index (χ1n) is 7.34. The Morgan fingerprint density at radius 1 is 1.26 bits per heavy atom. The number of nitrogens with two attached hydrogens (primary N) is 2. The minimum absolute atomic E-state index is 0.0417. The van der Waals surface area contributed by atoms with Crippen LogP contribution in [-0.4, -0.2) is 33.1 Å². The SMILES string of the molecule is CCCCOc1cc(CC)c(C(=O)N=C(N)N)cc1S(C)(=O)=O. The molecule has 0 heterocycles. The average molecular weight is 341 g/mol. The van der Waals surface area contributed by atoms with Crippen LogP contribution in [0.25, 0.3) is 0 Å². The predicted octanol–water partition coefficient (Wildman–Crippen LogP) is 1.25. The first kappa shape index (κ1) is 19.0. The number of unbranched alkanes of at least 4 members (excludes halogenated alkanes) is 1. The van der Waals surface area contributed by atoms with Crippen LogP contribution in [0.3, 0.4) is 0 Å². The lowest BCUT2D eigenvalue weighted by molar-refractivity contribution is 0.100. The van der Waals surface area contributed by atoms with Crippen molar-refractivity contribution >= 4 is 21.7 Å². The molecule has 1 aromatic rings. The van der Waals surface area contributed by atoms with Gasteiger partial charge in [-0.2, -0.15) is 4.99 Å². The van der Waals surface area contributed by atoms with E-state index in [-0.39, 0.29) is 22.2 Å². The van der Waals surface area contributed by atoms with Crippen molar-refractivity contribution in [2.45, 2.75) is 38.0 Å². The topological polar surface area (TPSA) is 125 Å². The van der Waals surface area contributed by atoms with Gasteiger partial charge in [-0.1, -0.05) is 20.3 Å². The fourth-order valence-corrected chi connectivity index (χ4v) is 2.82. The lowest BCUT2D eigenvalue weighted by Gasteiger charge is -2.14. The van der Waals surface area contributed by atoms with Gasteiger partial charge in [0.2, 0.25) is 0 Å². The third-order valence-electron chi connectivity index (χ3n) is 3.17. The van der Waals surface area contributed by atoms with E-state index in [1.54, 1.807) is 6.07 Å². The second kappa shape index (κ2) is 7.96. The second-order valence-corrected chi connectivity index (χ2v) is 7.11. The van der Waals surface area contributed by atoms with Crippen molar-refractivity contribution < 1.29 is 17.9 Å². The first-order valence-corrected chi connectivity index (χ1v) is 9.23. The molecule has 0 aliphatic rings. The number of carbonyl (C=O) groups excluding carboxylic acids is 1. The van der Waals surface area contributed by atoms with E-state index in [2.05, 4.69) is 4.99 Å². The molecule has 0 atom stereocenters. The Morgan fingerprint density at radius 3 is 2.39 bits per heavy atom. The number of aliphatic imine (C=N–C) groups is 1. The molecule has 7 nitrogen and oxygen atoms in total. The van der Waals surface area contributed by atoms with Crippen LogP contribution < -0.4 is 16.2 Å². The molecule has 128 valence electrons. The van der Waals surface area contributed by atoms with Gasteiger partial charge in [-0.3, -0.25) is 4.79 Å². The van der Waals surface area contributed by atoms with Gasteiger partial charge in [0.25, 0.3) is 5.91 Å². The van der Waals surface area contributed by atoms with E-state index in [9.17, 15) is 13.2 Å². The molecule has 0 radical (unpaired) electrons. The molecule has 23 heavy (non-hydrogen) atoms. The summed E-state index contributed by atoms with van der Waals surface area (Å²) in [6, 6.07) is 2.85. The summed E-state index contributed by atoms with van der Waals surface area (Å²) < 4.78 is 29.6. The summed E-state index contributed by atoms with van der Waals surface area (Å²) in [4.78, 5) is 15.5. The van der Waals surface area contributed by atoms with Gasteiger partial charge in [-0.05, 0) is 30.5 Å². The first-order chi connectivity index (χ1) is 10.7. The Hall–Kier alpha value is -2.09. The minimum atomic E-state index is -3.57. The Morgan fingerprint density at radius 2 is 1.91 bits per heavy atom. The third-order valence-corrected chi connectivity index (χ3v) is 4.28. The highest BCUT2D eigenvalue weighted by atomic mass is 32.2.